The van der Waals surface area contributed by atoms with Crippen molar-refractivity contribution in [2.24, 2.45) is 23.7 Å². The van der Waals surface area contributed by atoms with Crippen molar-refractivity contribution >= 4 is 5.91 Å². The monoisotopic (exact) mass is 492 g/mol. The van der Waals surface area contributed by atoms with Crippen molar-refractivity contribution in [1.82, 2.24) is 20.9 Å². The first-order valence-corrected chi connectivity index (χ1v) is 14.5. The molecule has 2 saturated heterocycles. The lowest BCUT2D eigenvalue weighted by Crippen LogP contribution is -2.61. The van der Waals surface area contributed by atoms with Gasteiger partial charge in [0.2, 0.25) is 5.91 Å². The van der Waals surface area contributed by atoms with Crippen LogP contribution in [-0.2, 0) is 9.53 Å². The number of hydrogen-bond donors (Lipinski definition) is 5. The molecule has 7 atom stereocenters. The molecule has 8 heteroatoms. The molecule has 0 radical (unpaired) electrons. The molecule has 0 aromatic heterocycles. The number of hydrogen-bond acceptors (Lipinski definition) is 7. The standard InChI is InChI=1S/C27H48N4O4/c32-21-11-24(33)26(25(12-21)35-16-18-5-2-1-3-6-18)27(34)31-10-9-19-7-4-8-23(22(19)15-31)30-20-13-28-17-29-14-20/h18-26,28-30,32-33H,1-17H2. The van der Waals surface area contributed by atoms with E-state index in [2.05, 4.69) is 16.0 Å². The Morgan fingerprint density at radius 3 is 2.57 bits per heavy atom. The van der Waals surface area contributed by atoms with E-state index in [1.807, 2.05) is 4.90 Å². The van der Waals surface area contributed by atoms with Gasteiger partial charge in [0.25, 0.3) is 0 Å². The average Bonchev–Trinajstić information content (AvgIpc) is 2.88. The zero-order valence-electron chi connectivity index (χ0n) is 21.4. The van der Waals surface area contributed by atoms with E-state index < -0.39 is 18.1 Å². The van der Waals surface area contributed by atoms with E-state index >= 15 is 0 Å². The van der Waals surface area contributed by atoms with Crippen LogP contribution in [0, 0.1) is 23.7 Å². The summed E-state index contributed by atoms with van der Waals surface area (Å²) in [4.78, 5) is 15.9. The number of carbonyl (C=O) groups is 1. The van der Waals surface area contributed by atoms with Crippen molar-refractivity contribution in [2.45, 2.75) is 101 Å². The van der Waals surface area contributed by atoms with Gasteiger partial charge in [0, 0.05) is 64.4 Å². The van der Waals surface area contributed by atoms with E-state index in [9.17, 15) is 15.0 Å². The largest absolute Gasteiger partial charge is 0.393 e. The highest BCUT2D eigenvalue weighted by atomic mass is 16.5. The van der Waals surface area contributed by atoms with Crippen LogP contribution in [0.1, 0.15) is 70.6 Å². The van der Waals surface area contributed by atoms with Crippen LogP contribution < -0.4 is 16.0 Å². The van der Waals surface area contributed by atoms with Gasteiger partial charge in [-0.05, 0) is 49.9 Å². The van der Waals surface area contributed by atoms with E-state index in [0.717, 1.165) is 39.3 Å². The molecule has 2 aliphatic heterocycles. The molecule has 0 bridgehead atoms. The quantitative estimate of drug-likeness (QED) is 0.380. The fourth-order valence-corrected chi connectivity index (χ4v) is 7.64. The van der Waals surface area contributed by atoms with Gasteiger partial charge >= 0.3 is 0 Å². The smallest absolute Gasteiger partial charge is 0.230 e. The summed E-state index contributed by atoms with van der Waals surface area (Å²) in [5.41, 5.74) is 0. The summed E-state index contributed by atoms with van der Waals surface area (Å²) in [6.45, 7) is 5.05. The zero-order chi connectivity index (χ0) is 24.2. The summed E-state index contributed by atoms with van der Waals surface area (Å²) in [7, 11) is 0. The number of fused-ring (bicyclic) bond motifs is 1. The Kier molecular flexibility index (Phi) is 9.00. The number of likely N-dealkylation sites (tertiary alicyclic amines) is 1. The molecule has 3 aliphatic carbocycles. The third kappa shape index (κ3) is 6.39. The average molecular weight is 493 g/mol. The second kappa shape index (κ2) is 12.2. The van der Waals surface area contributed by atoms with Crippen LogP contribution in [-0.4, -0.2) is 90.9 Å². The molecule has 5 fully saturated rings. The lowest BCUT2D eigenvalue weighted by Gasteiger charge is -2.48. The molecular formula is C27H48N4O4. The van der Waals surface area contributed by atoms with Crippen LogP contribution in [0.5, 0.6) is 0 Å². The first kappa shape index (κ1) is 25.9. The lowest BCUT2D eigenvalue weighted by molar-refractivity contribution is -0.162. The number of aliphatic hydroxyl groups is 2. The van der Waals surface area contributed by atoms with Gasteiger partial charge in [-0.25, -0.2) is 0 Å². The molecule has 5 rings (SSSR count). The van der Waals surface area contributed by atoms with Gasteiger partial charge in [0.15, 0.2) is 0 Å². The Hall–Kier alpha value is -0.770. The number of nitrogens with one attached hydrogen (secondary N) is 3. The van der Waals surface area contributed by atoms with Crippen LogP contribution in [0.2, 0.25) is 0 Å². The van der Waals surface area contributed by atoms with Gasteiger partial charge in [-0.2, -0.15) is 0 Å². The Morgan fingerprint density at radius 2 is 1.77 bits per heavy atom. The normalized spacial score (nSPS) is 39.8. The summed E-state index contributed by atoms with van der Waals surface area (Å²) in [6.07, 6.45) is 9.83. The molecule has 0 aromatic carbocycles. The van der Waals surface area contributed by atoms with E-state index in [1.165, 1.54) is 51.4 Å². The Balaban J connectivity index is 1.22. The molecule has 8 nitrogen and oxygen atoms in total. The second-order valence-corrected chi connectivity index (χ2v) is 12.1. The molecule has 0 spiro atoms. The van der Waals surface area contributed by atoms with Crippen LogP contribution in [0.15, 0.2) is 0 Å². The van der Waals surface area contributed by atoms with Crippen molar-refractivity contribution < 1.29 is 19.7 Å². The maximum absolute atomic E-state index is 13.9. The molecular weight excluding hydrogens is 444 g/mol. The molecule has 5 N–H and O–H groups in total. The number of rotatable bonds is 6. The van der Waals surface area contributed by atoms with Gasteiger partial charge < -0.3 is 35.8 Å². The van der Waals surface area contributed by atoms with Gasteiger partial charge in [-0.1, -0.05) is 25.7 Å². The van der Waals surface area contributed by atoms with Crippen molar-refractivity contribution in [1.29, 1.82) is 0 Å². The molecule has 0 aromatic rings. The van der Waals surface area contributed by atoms with E-state index in [-0.39, 0.29) is 18.4 Å². The Bertz CT molecular complexity index is 684. The van der Waals surface area contributed by atoms with Gasteiger partial charge in [-0.15, -0.1) is 0 Å². The molecule has 200 valence electrons. The summed E-state index contributed by atoms with van der Waals surface area (Å²) in [5.74, 6) is 1.17. The minimum atomic E-state index is -0.833. The van der Waals surface area contributed by atoms with Gasteiger partial charge in [-0.3, -0.25) is 4.79 Å². The predicted octanol–water partition coefficient (Wildman–Crippen LogP) is 1.21. The van der Waals surface area contributed by atoms with Crippen molar-refractivity contribution in [3.8, 4) is 0 Å². The summed E-state index contributed by atoms with van der Waals surface area (Å²) >= 11 is 0. The number of nitrogens with zero attached hydrogens (tertiary/aromatic N) is 1. The second-order valence-electron chi connectivity index (χ2n) is 12.1. The maximum Gasteiger partial charge on any atom is 0.230 e. The highest BCUT2D eigenvalue weighted by Gasteiger charge is 2.46. The SMILES string of the molecule is O=C(C1C(O)CC(O)CC1OCC1CCCCC1)N1CCC2CCCC(NC3CNCNC3)C2C1. The number of amides is 1. The minimum absolute atomic E-state index is 0.0433. The zero-order valence-corrected chi connectivity index (χ0v) is 21.4. The summed E-state index contributed by atoms with van der Waals surface area (Å²) in [6, 6.07) is 0.866. The molecule has 1 amide bonds. The van der Waals surface area contributed by atoms with E-state index in [0.29, 0.717) is 42.9 Å². The number of carbonyl (C=O) groups excluding carboxylic acids is 1. The van der Waals surface area contributed by atoms with Crippen molar-refractivity contribution in [3.05, 3.63) is 0 Å². The Labute approximate surface area is 210 Å². The van der Waals surface area contributed by atoms with E-state index in [1.54, 1.807) is 0 Å². The van der Waals surface area contributed by atoms with Crippen LogP contribution in [0.25, 0.3) is 0 Å². The minimum Gasteiger partial charge on any atom is -0.393 e. The van der Waals surface area contributed by atoms with Crippen LogP contribution >= 0.6 is 0 Å². The fraction of sp³-hybridized carbons (Fsp3) is 0.963. The Morgan fingerprint density at radius 1 is 0.971 bits per heavy atom. The maximum atomic E-state index is 13.9. The predicted molar refractivity (Wildman–Crippen MR) is 135 cm³/mol. The highest BCUT2D eigenvalue weighted by molar-refractivity contribution is 5.80. The number of aliphatic hydroxyl groups excluding tert-OH is 2. The molecule has 3 saturated carbocycles. The van der Waals surface area contributed by atoms with E-state index in [4.69, 9.17) is 4.74 Å². The van der Waals surface area contributed by atoms with Crippen LogP contribution in [0.4, 0.5) is 0 Å². The van der Waals surface area contributed by atoms with Crippen molar-refractivity contribution in [3.63, 3.8) is 0 Å². The highest BCUT2D eigenvalue weighted by Crippen LogP contribution is 2.39. The fourth-order valence-electron chi connectivity index (χ4n) is 7.64. The van der Waals surface area contributed by atoms with Crippen LogP contribution in [0.3, 0.4) is 0 Å². The lowest BCUT2D eigenvalue weighted by atomic mass is 9.71. The van der Waals surface area contributed by atoms with Gasteiger partial charge in [0.05, 0.1) is 24.2 Å². The third-order valence-electron chi connectivity index (χ3n) is 9.60. The number of piperidine rings is 1. The van der Waals surface area contributed by atoms with Gasteiger partial charge in [0.1, 0.15) is 0 Å². The number of ether oxygens (including phenoxy) is 1. The molecule has 7 unspecified atom stereocenters. The molecule has 5 aliphatic rings. The summed E-state index contributed by atoms with van der Waals surface area (Å²) in [5, 5.41) is 32.0. The summed E-state index contributed by atoms with van der Waals surface area (Å²) < 4.78 is 6.32. The first-order chi connectivity index (χ1) is 17.1. The molecule has 35 heavy (non-hydrogen) atoms. The van der Waals surface area contributed by atoms with Crippen molar-refractivity contribution in [2.75, 3.05) is 39.5 Å². The topological polar surface area (TPSA) is 106 Å². The first-order valence-electron chi connectivity index (χ1n) is 14.5. The molecule has 2 heterocycles. The third-order valence-corrected chi connectivity index (χ3v) is 9.60.